The molecule has 1 aliphatic rings. The molecule has 10 heteroatoms. The largest absolute Gasteiger partial charge is 0.354 e. The minimum atomic E-state index is -0.618. The van der Waals surface area contributed by atoms with Gasteiger partial charge >= 0.3 is 0 Å². The number of carbonyl (C=O) groups is 3. The van der Waals surface area contributed by atoms with Gasteiger partial charge in [-0.1, -0.05) is 12.1 Å². The normalized spacial score (nSPS) is 16.1. The van der Waals surface area contributed by atoms with Crippen molar-refractivity contribution in [2.75, 3.05) is 11.9 Å². The lowest BCUT2D eigenvalue weighted by molar-refractivity contribution is -0.384. The van der Waals surface area contributed by atoms with Crippen LogP contribution >= 0.6 is 11.3 Å². The Morgan fingerprint density at radius 1 is 1.09 bits per heavy atom. The van der Waals surface area contributed by atoms with E-state index in [4.69, 9.17) is 0 Å². The van der Waals surface area contributed by atoms with Gasteiger partial charge in [0.2, 0.25) is 5.91 Å². The average Bonchev–Trinajstić information content (AvgIpc) is 3.11. The van der Waals surface area contributed by atoms with Crippen molar-refractivity contribution >= 4 is 50.5 Å². The Morgan fingerprint density at radius 3 is 2.72 bits per heavy atom. The summed E-state index contributed by atoms with van der Waals surface area (Å²) in [5.74, 6) is -1.09. The smallest absolute Gasteiger partial charge is 0.270 e. The predicted molar refractivity (Wildman–Crippen MR) is 121 cm³/mol. The van der Waals surface area contributed by atoms with E-state index in [-0.39, 0.29) is 17.2 Å². The van der Waals surface area contributed by atoms with Crippen molar-refractivity contribution in [3.8, 4) is 0 Å². The third kappa shape index (κ3) is 4.59. The topological polar surface area (TPSA) is 130 Å². The highest BCUT2D eigenvalue weighted by atomic mass is 32.1. The Labute approximate surface area is 187 Å². The molecule has 3 aromatic rings. The van der Waals surface area contributed by atoms with Gasteiger partial charge in [-0.3, -0.25) is 24.5 Å². The first-order chi connectivity index (χ1) is 15.4. The van der Waals surface area contributed by atoms with Crippen LogP contribution in [-0.2, 0) is 4.79 Å². The summed E-state index contributed by atoms with van der Waals surface area (Å²) in [6.45, 7) is 0.593. The number of nitrogens with one attached hydrogen (secondary N) is 3. The number of carbonyl (C=O) groups excluding carboxylic acids is 3. The molecule has 0 saturated carbocycles. The molecule has 4 rings (SSSR count). The summed E-state index contributed by atoms with van der Waals surface area (Å²) in [5.41, 5.74) is 0.508. The van der Waals surface area contributed by atoms with Gasteiger partial charge in [0.25, 0.3) is 17.5 Å². The van der Waals surface area contributed by atoms with Crippen LogP contribution in [0.5, 0.6) is 0 Å². The second kappa shape index (κ2) is 9.15. The van der Waals surface area contributed by atoms with Gasteiger partial charge in [0.1, 0.15) is 6.04 Å². The van der Waals surface area contributed by atoms with Crippen LogP contribution in [0.1, 0.15) is 39.3 Å². The van der Waals surface area contributed by atoms with E-state index in [0.717, 1.165) is 17.5 Å². The first kappa shape index (κ1) is 21.4. The number of nitro groups is 1. The molecule has 0 spiro atoms. The van der Waals surface area contributed by atoms with Crippen molar-refractivity contribution in [3.63, 3.8) is 0 Å². The molecule has 9 nitrogen and oxygen atoms in total. The molecule has 1 aliphatic heterocycles. The fourth-order valence-corrected chi connectivity index (χ4v) is 4.48. The fourth-order valence-electron chi connectivity index (χ4n) is 3.54. The fraction of sp³-hybridized carbons (Fsp3) is 0.227. The zero-order chi connectivity index (χ0) is 22.7. The van der Waals surface area contributed by atoms with Gasteiger partial charge in [-0.15, -0.1) is 11.3 Å². The Morgan fingerprint density at radius 2 is 1.91 bits per heavy atom. The van der Waals surface area contributed by atoms with E-state index in [2.05, 4.69) is 16.0 Å². The van der Waals surface area contributed by atoms with Crippen LogP contribution in [-0.4, -0.2) is 35.2 Å². The second-order valence-corrected chi connectivity index (χ2v) is 8.49. The maximum Gasteiger partial charge on any atom is 0.270 e. The summed E-state index contributed by atoms with van der Waals surface area (Å²) in [6, 6.07) is 11.9. The molecule has 1 atom stereocenters. The van der Waals surface area contributed by atoms with E-state index in [1.807, 2.05) is 0 Å². The third-order valence-corrected chi connectivity index (χ3v) is 6.31. The monoisotopic (exact) mass is 452 g/mol. The highest BCUT2D eigenvalue weighted by molar-refractivity contribution is 7.20. The van der Waals surface area contributed by atoms with Crippen molar-refractivity contribution in [1.82, 2.24) is 10.6 Å². The van der Waals surface area contributed by atoms with Gasteiger partial charge < -0.3 is 16.0 Å². The zero-order valence-electron chi connectivity index (χ0n) is 16.9. The number of non-ortho nitro benzene ring substituents is 1. The summed E-state index contributed by atoms with van der Waals surface area (Å²) >= 11 is 1.20. The van der Waals surface area contributed by atoms with E-state index >= 15 is 0 Å². The summed E-state index contributed by atoms with van der Waals surface area (Å²) in [4.78, 5) is 48.7. The van der Waals surface area contributed by atoms with Gasteiger partial charge in [-0.25, -0.2) is 0 Å². The molecule has 1 unspecified atom stereocenters. The van der Waals surface area contributed by atoms with Crippen molar-refractivity contribution in [2.45, 2.75) is 25.3 Å². The molecule has 3 amide bonds. The number of para-hydroxylation sites is 1. The lowest BCUT2D eigenvalue weighted by Gasteiger charge is -2.17. The molecule has 0 radical (unpaired) electrons. The maximum atomic E-state index is 12.8. The van der Waals surface area contributed by atoms with Crippen LogP contribution < -0.4 is 16.0 Å². The van der Waals surface area contributed by atoms with Crippen LogP contribution in [0.3, 0.4) is 0 Å². The van der Waals surface area contributed by atoms with Crippen molar-refractivity contribution in [2.24, 2.45) is 0 Å². The molecule has 1 saturated heterocycles. The number of anilines is 1. The molecule has 32 heavy (non-hydrogen) atoms. The van der Waals surface area contributed by atoms with Gasteiger partial charge in [0, 0.05) is 28.8 Å². The quantitative estimate of drug-likeness (QED) is 0.403. The third-order valence-electron chi connectivity index (χ3n) is 5.20. The first-order valence-electron chi connectivity index (χ1n) is 10.1. The van der Waals surface area contributed by atoms with Gasteiger partial charge in [-0.05, 0) is 43.5 Å². The summed E-state index contributed by atoms with van der Waals surface area (Å²) in [6.07, 6.45) is 2.25. The Balaban J connectivity index is 1.53. The van der Waals surface area contributed by atoms with E-state index in [9.17, 15) is 24.5 Å². The number of rotatable bonds is 5. The highest BCUT2D eigenvalue weighted by Crippen LogP contribution is 2.29. The van der Waals surface area contributed by atoms with Crippen LogP contribution in [0.2, 0.25) is 0 Å². The van der Waals surface area contributed by atoms with E-state index in [1.54, 1.807) is 36.4 Å². The standard InChI is InChI=1S/C22H20N4O5S/c27-20(25-17-7-3-4-10-23-21(17)28)15-5-1-2-6-16(15)24-22(29)19-12-13-11-14(26(30)31)8-9-18(13)32-19/h1-2,5-6,8-9,11-12,17H,3-4,7,10H2,(H,23,28)(H,24,29)(H,25,27). The number of thiophene rings is 1. The van der Waals surface area contributed by atoms with E-state index < -0.39 is 22.8 Å². The van der Waals surface area contributed by atoms with Gasteiger partial charge in [0.15, 0.2) is 0 Å². The molecule has 0 bridgehead atoms. The maximum absolute atomic E-state index is 12.8. The number of nitro benzene ring substituents is 1. The van der Waals surface area contributed by atoms with Gasteiger partial charge in [-0.2, -0.15) is 0 Å². The van der Waals surface area contributed by atoms with Crippen LogP contribution in [0, 0.1) is 10.1 Å². The Bertz CT molecular complexity index is 1220. The molecule has 164 valence electrons. The predicted octanol–water partition coefficient (Wildman–Crippen LogP) is 3.46. The number of benzene rings is 2. The Hall–Kier alpha value is -3.79. The molecule has 1 aromatic heterocycles. The Kier molecular flexibility index (Phi) is 6.13. The first-order valence-corrected chi connectivity index (χ1v) is 10.9. The van der Waals surface area contributed by atoms with E-state index in [0.29, 0.717) is 28.9 Å². The van der Waals surface area contributed by atoms with Crippen LogP contribution in [0.4, 0.5) is 11.4 Å². The lowest BCUT2D eigenvalue weighted by Crippen LogP contribution is -2.45. The number of hydrogen-bond acceptors (Lipinski definition) is 6. The van der Waals surface area contributed by atoms with Crippen LogP contribution in [0.15, 0.2) is 48.5 Å². The van der Waals surface area contributed by atoms with Crippen molar-refractivity contribution in [1.29, 1.82) is 0 Å². The number of amides is 3. The number of hydrogen-bond donors (Lipinski definition) is 3. The molecule has 1 fully saturated rings. The van der Waals surface area contributed by atoms with E-state index in [1.165, 1.54) is 23.5 Å². The minimum absolute atomic E-state index is 0.0492. The summed E-state index contributed by atoms with van der Waals surface area (Å²) < 4.78 is 0.742. The molecular weight excluding hydrogens is 432 g/mol. The van der Waals surface area contributed by atoms with Gasteiger partial charge in [0.05, 0.1) is 21.1 Å². The van der Waals surface area contributed by atoms with Crippen molar-refractivity contribution in [3.05, 3.63) is 69.1 Å². The van der Waals surface area contributed by atoms with Crippen molar-refractivity contribution < 1.29 is 19.3 Å². The second-order valence-electron chi connectivity index (χ2n) is 7.40. The minimum Gasteiger partial charge on any atom is -0.354 e. The molecule has 0 aliphatic carbocycles. The zero-order valence-corrected chi connectivity index (χ0v) is 17.7. The number of nitrogens with zero attached hydrogens (tertiary/aromatic N) is 1. The SMILES string of the molecule is O=C(Nc1ccccc1C(=O)NC1CCCCNC1=O)c1cc2cc([N+](=O)[O-])ccc2s1. The van der Waals surface area contributed by atoms with Crippen LogP contribution in [0.25, 0.3) is 10.1 Å². The summed E-state index contributed by atoms with van der Waals surface area (Å²) in [7, 11) is 0. The molecular formula is C22H20N4O5S. The summed E-state index contributed by atoms with van der Waals surface area (Å²) in [5, 5.41) is 19.8. The average molecular weight is 452 g/mol. The number of fused-ring (bicyclic) bond motifs is 1. The molecule has 2 aromatic carbocycles. The molecule has 3 N–H and O–H groups in total. The lowest BCUT2D eigenvalue weighted by atomic mass is 10.1. The molecule has 2 heterocycles. The highest BCUT2D eigenvalue weighted by Gasteiger charge is 2.24.